The highest BCUT2D eigenvalue weighted by Crippen LogP contribution is 2.33. The largest absolute Gasteiger partial charge is 0.376 e. The Bertz CT molecular complexity index is 714. The SMILES string of the molecule is Cc1cc(C(=O)CNc2ccccc2Cl)c(C)n1C1CCCC1. The first-order valence-electron chi connectivity index (χ1n) is 8.28. The smallest absolute Gasteiger partial charge is 0.183 e. The van der Waals surface area contributed by atoms with Crippen molar-refractivity contribution in [2.75, 3.05) is 11.9 Å². The number of halogens is 1. The zero-order chi connectivity index (χ0) is 16.4. The molecule has 0 amide bonds. The number of Topliss-reactive ketones (excluding diaryl/α,β-unsaturated/α-hetero) is 1. The molecular weight excluding hydrogens is 308 g/mol. The first-order valence-corrected chi connectivity index (χ1v) is 8.65. The monoisotopic (exact) mass is 330 g/mol. The molecule has 1 N–H and O–H groups in total. The number of rotatable bonds is 5. The van der Waals surface area contributed by atoms with Crippen LogP contribution in [0.4, 0.5) is 5.69 Å². The highest BCUT2D eigenvalue weighted by atomic mass is 35.5. The van der Waals surface area contributed by atoms with Crippen LogP contribution in [0.15, 0.2) is 30.3 Å². The Morgan fingerprint density at radius 2 is 1.96 bits per heavy atom. The number of anilines is 1. The van der Waals surface area contributed by atoms with Crippen molar-refractivity contribution in [1.82, 2.24) is 4.57 Å². The van der Waals surface area contributed by atoms with Gasteiger partial charge in [0.15, 0.2) is 5.78 Å². The minimum atomic E-state index is 0.113. The third-order valence-electron chi connectivity index (χ3n) is 4.79. The molecule has 0 atom stereocenters. The van der Waals surface area contributed by atoms with Gasteiger partial charge in [-0.2, -0.15) is 0 Å². The molecule has 3 nitrogen and oxygen atoms in total. The summed E-state index contributed by atoms with van der Waals surface area (Å²) in [5.41, 5.74) is 3.91. The molecule has 0 aliphatic heterocycles. The van der Waals surface area contributed by atoms with Crippen molar-refractivity contribution in [2.45, 2.75) is 45.6 Å². The van der Waals surface area contributed by atoms with Crippen molar-refractivity contribution in [3.8, 4) is 0 Å². The van der Waals surface area contributed by atoms with Crippen LogP contribution in [0.2, 0.25) is 5.02 Å². The molecule has 1 aromatic carbocycles. The summed E-state index contributed by atoms with van der Waals surface area (Å²) in [4.78, 5) is 12.6. The summed E-state index contributed by atoms with van der Waals surface area (Å²) in [5, 5.41) is 3.78. The molecule has 0 spiro atoms. The summed E-state index contributed by atoms with van der Waals surface area (Å²) in [6.07, 6.45) is 5.03. The lowest BCUT2D eigenvalue weighted by Gasteiger charge is -2.17. The van der Waals surface area contributed by atoms with Gasteiger partial charge < -0.3 is 9.88 Å². The average molecular weight is 331 g/mol. The van der Waals surface area contributed by atoms with E-state index in [-0.39, 0.29) is 12.3 Å². The zero-order valence-corrected chi connectivity index (χ0v) is 14.5. The van der Waals surface area contributed by atoms with Gasteiger partial charge in [-0.3, -0.25) is 4.79 Å². The van der Waals surface area contributed by atoms with Gasteiger partial charge >= 0.3 is 0 Å². The predicted octanol–water partition coefficient (Wildman–Crippen LogP) is 5.17. The predicted molar refractivity (Wildman–Crippen MR) is 95.7 cm³/mol. The van der Waals surface area contributed by atoms with E-state index in [4.69, 9.17) is 11.6 Å². The van der Waals surface area contributed by atoms with E-state index >= 15 is 0 Å². The van der Waals surface area contributed by atoms with E-state index in [0.29, 0.717) is 11.1 Å². The minimum absolute atomic E-state index is 0.113. The van der Waals surface area contributed by atoms with Crippen LogP contribution in [-0.2, 0) is 0 Å². The first kappa shape index (κ1) is 16.1. The summed E-state index contributed by atoms with van der Waals surface area (Å²) < 4.78 is 2.36. The van der Waals surface area contributed by atoms with Gasteiger partial charge in [0.2, 0.25) is 0 Å². The Labute approximate surface area is 142 Å². The van der Waals surface area contributed by atoms with E-state index in [2.05, 4.69) is 23.7 Å². The van der Waals surface area contributed by atoms with Gasteiger partial charge in [-0.1, -0.05) is 36.6 Å². The maximum atomic E-state index is 12.6. The van der Waals surface area contributed by atoms with Crippen LogP contribution in [0.1, 0.15) is 53.5 Å². The molecule has 0 saturated heterocycles. The van der Waals surface area contributed by atoms with Crippen molar-refractivity contribution >= 4 is 23.1 Å². The van der Waals surface area contributed by atoms with Crippen molar-refractivity contribution < 1.29 is 4.79 Å². The van der Waals surface area contributed by atoms with Crippen LogP contribution in [0, 0.1) is 13.8 Å². The van der Waals surface area contributed by atoms with Crippen molar-refractivity contribution in [3.63, 3.8) is 0 Å². The summed E-state index contributed by atoms with van der Waals surface area (Å²) >= 11 is 6.12. The minimum Gasteiger partial charge on any atom is -0.376 e. The Balaban J connectivity index is 1.75. The Hall–Kier alpha value is -1.74. The molecule has 0 radical (unpaired) electrons. The van der Waals surface area contributed by atoms with Gasteiger partial charge in [0, 0.05) is 23.0 Å². The Morgan fingerprint density at radius 3 is 2.65 bits per heavy atom. The molecule has 2 aromatic rings. The highest BCUT2D eigenvalue weighted by molar-refractivity contribution is 6.33. The molecule has 3 rings (SSSR count). The van der Waals surface area contributed by atoms with Gasteiger partial charge in [-0.25, -0.2) is 0 Å². The standard InChI is InChI=1S/C19H23ClN2O/c1-13-11-16(14(2)22(13)15-7-3-4-8-15)19(23)12-21-18-10-6-5-9-17(18)20/h5-6,9-11,15,21H,3-4,7-8,12H2,1-2H3. The number of nitrogens with zero attached hydrogens (tertiary/aromatic N) is 1. The summed E-state index contributed by atoms with van der Waals surface area (Å²) in [6, 6.07) is 10.1. The molecule has 0 unspecified atom stereocenters. The second kappa shape index (κ2) is 6.79. The van der Waals surface area contributed by atoms with Gasteiger partial charge in [0.05, 0.1) is 17.3 Å². The van der Waals surface area contributed by atoms with Crippen molar-refractivity contribution in [2.24, 2.45) is 0 Å². The third-order valence-corrected chi connectivity index (χ3v) is 5.12. The Morgan fingerprint density at radius 1 is 1.26 bits per heavy atom. The van der Waals surface area contributed by atoms with E-state index < -0.39 is 0 Å². The van der Waals surface area contributed by atoms with E-state index in [1.165, 1.54) is 31.4 Å². The molecule has 1 aliphatic rings. The number of nitrogens with one attached hydrogen (secondary N) is 1. The van der Waals surface area contributed by atoms with Crippen LogP contribution in [-0.4, -0.2) is 16.9 Å². The number of carbonyl (C=O) groups is 1. The molecule has 4 heteroatoms. The maximum absolute atomic E-state index is 12.6. The second-order valence-corrected chi connectivity index (χ2v) is 6.76. The van der Waals surface area contributed by atoms with Crippen LogP contribution >= 0.6 is 11.6 Å². The van der Waals surface area contributed by atoms with Crippen LogP contribution < -0.4 is 5.32 Å². The molecule has 1 heterocycles. The number of carbonyl (C=O) groups excluding carboxylic acids is 1. The van der Waals surface area contributed by atoms with Crippen LogP contribution in [0.25, 0.3) is 0 Å². The molecule has 1 aliphatic carbocycles. The van der Waals surface area contributed by atoms with E-state index in [0.717, 1.165) is 16.9 Å². The second-order valence-electron chi connectivity index (χ2n) is 6.35. The number of hydrogen-bond donors (Lipinski definition) is 1. The summed E-state index contributed by atoms with van der Waals surface area (Å²) in [5.74, 6) is 0.113. The topological polar surface area (TPSA) is 34.0 Å². The number of para-hydroxylation sites is 1. The van der Waals surface area contributed by atoms with E-state index in [1.807, 2.05) is 30.3 Å². The fourth-order valence-electron chi connectivity index (χ4n) is 3.66. The number of benzene rings is 1. The van der Waals surface area contributed by atoms with Crippen molar-refractivity contribution in [3.05, 3.63) is 52.3 Å². The molecule has 122 valence electrons. The number of hydrogen-bond acceptors (Lipinski definition) is 2. The lowest BCUT2D eigenvalue weighted by atomic mass is 10.1. The normalized spacial score (nSPS) is 15.1. The molecule has 1 saturated carbocycles. The molecular formula is C19H23ClN2O. The van der Waals surface area contributed by atoms with Gasteiger partial charge in [0.1, 0.15) is 0 Å². The summed E-state index contributed by atoms with van der Waals surface area (Å²) in [7, 11) is 0. The number of ketones is 1. The fraction of sp³-hybridized carbons (Fsp3) is 0.421. The van der Waals surface area contributed by atoms with Crippen molar-refractivity contribution in [1.29, 1.82) is 0 Å². The Kier molecular flexibility index (Phi) is 4.76. The fourth-order valence-corrected chi connectivity index (χ4v) is 3.86. The quantitative estimate of drug-likeness (QED) is 0.767. The number of aromatic nitrogens is 1. The van der Waals surface area contributed by atoms with E-state index in [9.17, 15) is 4.79 Å². The maximum Gasteiger partial charge on any atom is 0.183 e. The lowest BCUT2D eigenvalue weighted by Crippen LogP contribution is -2.16. The van der Waals surface area contributed by atoms with Gasteiger partial charge in [-0.05, 0) is 44.9 Å². The summed E-state index contributed by atoms with van der Waals surface area (Å²) in [6.45, 7) is 4.43. The molecule has 1 aromatic heterocycles. The zero-order valence-electron chi connectivity index (χ0n) is 13.7. The van der Waals surface area contributed by atoms with Gasteiger partial charge in [0.25, 0.3) is 0 Å². The number of aryl methyl sites for hydroxylation is 1. The van der Waals surface area contributed by atoms with Gasteiger partial charge in [-0.15, -0.1) is 0 Å². The van der Waals surface area contributed by atoms with Crippen LogP contribution in [0.5, 0.6) is 0 Å². The van der Waals surface area contributed by atoms with Crippen LogP contribution in [0.3, 0.4) is 0 Å². The lowest BCUT2D eigenvalue weighted by molar-refractivity contribution is 0.101. The first-order chi connectivity index (χ1) is 11.1. The molecule has 0 bridgehead atoms. The third kappa shape index (κ3) is 3.30. The average Bonchev–Trinajstić information content (AvgIpc) is 3.14. The molecule has 1 fully saturated rings. The van der Waals surface area contributed by atoms with E-state index in [1.54, 1.807) is 0 Å². The highest BCUT2D eigenvalue weighted by Gasteiger charge is 2.23. The molecule has 23 heavy (non-hydrogen) atoms.